The van der Waals surface area contributed by atoms with Crippen molar-refractivity contribution in [1.82, 2.24) is 20.2 Å². The van der Waals surface area contributed by atoms with E-state index in [1.54, 1.807) is 12.9 Å². The van der Waals surface area contributed by atoms with Gasteiger partial charge in [0, 0.05) is 37.4 Å². The van der Waals surface area contributed by atoms with E-state index in [2.05, 4.69) is 25.5 Å². The van der Waals surface area contributed by atoms with Crippen molar-refractivity contribution in [3.63, 3.8) is 0 Å². The average Bonchev–Trinajstić information content (AvgIpc) is 2.94. The number of likely N-dealkylation sites (N-methyl/N-ethyl adjacent to an activating group) is 1. The highest BCUT2D eigenvalue weighted by Gasteiger charge is 2.39. The van der Waals surface area contributed by atoms with Crippen LogP contribution in [-0.4, -0.2) is 69.0 Å². The zero-order chi connectivity index (χ0) is 30.9. The fourth-order valence-electron chi connectivity index (χ4n) is 5.91. The van der Waals surface area contributed by atoms with Gasteiger partial charge in [0.05, 0.1) is 16.3 Å². The zero-order valence-corrected chi connectivity index (χ0v) is 25.2. The molecule has 5 rings (SSSR count). The molecule has 0 radical (unpaired) electrons. The summed E-state index contributed by atoms with van der Waals surface area (Å²) in [5, 5.41) is 6.62. The molecule has 0 bridgehead atoms. The van der Waals surface area contributed by atoms with Crippen LogP contribution in [0.4, 0.5) is 29.1 Å². The van der Waals surface area contributed by atoms with Crippen molar-refractivity contribution in [3.8, 4) is 0 Å². The van der Waals surface area contributed by atoms with Gasteiger partial charge in [0.1, 0.15) is 22.9 Å². The van der Waals surface area contributed by atoms with Crippen LogP contribution in [-0.2, 0) is 16.2 Å². The summed E-state index contributed by atoms with van der Waals surface area (Å²) in [5.41, 5.74) is 0.217. The number of sulfonamides is 1. The van der Waals surface area contributed by atoms with Gasteiger partial charge in [-0.15, -0.1) is 0 Å². The van der Waals surface area contributed by atoms with E-state index >= 15 is 4.39 Å². The second-order valence-corrected chi connectivity index (χ2v) is 13.2. The summed E-state index contributed by atoms with van der Waals surface area (Å²) >= 11 is 6.57. The predicted molar refractivity (Wildman–Crippen MR) is 160 cm³/mol. The first-order chi connectivity index (χ1) is 20.4. The van der Waals surface area contributed by atoms with E-state index in [4.69, 9.17) is 11.6 Å². The van der Waals surface area contributed by atoms with Gasteiger partial charge in [0.2, 0.25) is 0 Å². The first-order valence-corrected chi connectivity index (χ1v) is 15.9. The molecule has 0 unspecified atom stereocenters. The Morgan fingerprint density at radius 1 is 1.14 bits per heavy atom. The Bertz CT molecular complexity index is 1550. The molecule has 15 heteroatoms. The molecular formula is C28H32BClF4N6O2S. The minimum absolute atomic E-state index is 0.00949. The molecule has 1 aliphatic carbocycles. The van der Waals surface area contributed by atoms with Gasteiger partial charge in [0.25, 0.3) is 17.4 Å². The summed E-state index contributed by atoms with van der Waals surface area (Å²) in [6.07, 6.45) is -0.0338. The number of nitrogens with zero attached hydrogens (tertiary/aromatic N) is 4. The van der Waals surface area contributed by atoms with Gasteiger partial charge in [-0.25, -0.2) is 22.8 Å². The molecule has 2 aliphatic rings. The third kappa shape index (κ3) is 6.62. The lowest BCUT2D eigenvalue weighted by molar-refractivity contribution is -0.137. The zero-order valence-electron chi connectivity index (χ0n) is 23.7. The second kappa shape index (κ2) is 12.6. The van der Waals surface area contributed by atoms with E-state index in [1.165, 1.54) is 30.7 Å². The standard InChI is InChI=1S/C28H32BClF4N6O2S/c1-29-40(27-8-9-35-16-37-27)43(41,42)26-12-21(30)24(13-22(26)31)38-23-7-6-18(11-25(23)39(2)20-14-36-15-20)17-4-3-5-19(10-17)28(32,33)34/h3-5,8-10,12-13,16,18,20,23,25,29,36,38H,6-7,11,14-15H2,1-2H3/t18-,23-,25-/m0/s1. The first kappa shape index (κ1) is 31.5. The Morgan fingerprint density at radius 3 is 2.53 bits per heavy atom. The fourth-order valence-corrected chi connectivity index (χ4v) is 7.70. The van der Waals surface area contributed by atoms with Crippen LogP contribution in [0.2, 0.25) is 11.8 Å². The van der Waals surface area contributed by atoms with Gasteiger partial charge in [-0.3, -0.25) is 4.90 Å². The van der Waals surface area contributed by atoms with Crippen LogP contribution in [0.3, 0.4) is 0 Å². The van der Waals surface area contributed by atoms with Crippen LogP contribution < -0.4 is 14.8 Å². The predicted octanol–water partition coefficient (Wildman–Crippen LogP) is 4.90. The number of hydrogen-bond acceptors (Lipinski definition) is 7. The van der Waals surface area contributed by atoms with Crippen LogP contribution in [0.15, 0.2) is 59.9 Å². The second-order valence-electron chi connectivity index (χ2n) is 10.9. The highest BCUT2D eigenvalue weighted by Crippen LogP contribution is 2.40. The van der Waals surface area contributed by atoms with Crippen molar-refractivity contribution >= 4 is 40.5 Å². The van der Waals surface area contributed by atoms with Gasteiger partial charge >= 0.3 is 6.18 Å². The van der Waals surface area contributed by atoms with Gasteiger partial charge in [-0.2, -0.15) is 13.2 Å². The highest BCUT2D eigenvalue weighted by molar-refractivity contribution is 7.94. The van der Waals surface area contributed by atoms with Crippen LogP contribution in [0.25, 0.3) is 0 Å². The summed E-state index contributed by atoms with van der Waals surface area (Å²) < 4.78 is 83.6. The van der Waals surface area contributed by atoms with Crippen LogP contribution in [0.5, 0.6) is 0 Å². The number of halogens is 5. The fraction of sp³-hybridized carbons (Fsp3) is 0.429. The molecule has 0 amide bonds. The van der Waals surface area contributed by atoms with E-state index in [9.17, 15) is 21.6 Å². The molecule has 1 saturated carbocycles. The normalized spacial score (nSPS) is 21.3. The van der Waals surface area contributed by atoms with E-state index in [0.717, 1.165) is 35.5 Å². The lowest BCUT2D eigenvalue weighted by Crippen LogP contribution is -2.62. The maximum atomic E-state index is 15.5. The van der Waals surface area contributed by atoms with Gasteiger partial charge < -0.3 is 14.8 Å². The number of alkyl halides is 3. The van der Waals surface area contributed by atoms with Crippen molar-refractivity contribution in [2.24, 2.45) is 0 Å². The van der Waals surface area contributed by atoms with Gasteiger partial charge in [-0.05, 0) is 62.1 Å². The molecule has 2 fully saturated rings. The Morgan fingerprint density at radius 2 is 1.91 bits per heavy atom. The first-order valence-electron chi connectivity index (χ1n) is 14.0. The summed E-state index contributed by atoms with van der Waals surface area (Å²) in [6, 6.07) is 9.03. The maximum Gasteiger partial charge on any atom is 0.416 e. The van der Waals surface area contributed by atoms with E-state index in [-0.39, 0.29) is 48.0 Å². The molecule has 43 heavy (non-hydrogen) atoms. The van der Waals surface area contributed by atoms with Crippen LogP contribution in [0, 0.1) is 5.82 Å². The molecule has 3 aromatic rings. The minimum Gasteiger partial charge on any atom is -0.379 e. The Hall–Kier alpha value is -2.94. The molecule has 3 atom stereocenters. The van der Waals surface area contributed by atoms with E-state index < -0.39 is 32.5 Å². The average molecular weight is 639 g/mol. The Balaban J connectivity index is 1.40. The quantitative estimate of drug-likeness (QED) is 0.255. The molecule has 1 saturated heterocycles. The number of aromatic nitrogens is 2. The largest absolute Gasteiger partial charge is 0.416 e. The SMILES string of the molecule is CBN(c1ccncn1)S(=O)(=O)c1cc(Cl)c(N[C@H]2CC[C@H](c3cccc(C(F)(F)F)c3)C[C@@H]2N(C)C2CNC2)cc1F. The van der Waals surface area contributed by atoms with Crippen LogP contribution >= 0.6 is 11.6 Å². The number of anilines is 2. The van der Waals surface area contributed by atoms with Gasteiger partial charge in [0.15, 0.2) is 0 Å². The molecule has 2 N–H and O–H groups in total. The molecule has 8 nitrogen and oxygen atoms in total. The molecule has 1 aliphatic heterocycles. The van der Waals surface area contributed by atoms with Crippen molar-refractivity contribution in [2.45, 2.75) is 61.2 Å². The number of rotatable bonds is 9. The minimum atomic E-state index is -4.42. The number of hydrogen-bond donors (Lipinski definition) is 2. The third-order valence-corrected chi connectivity index (χ3v) is 10.6. The highest BCUT2D eigenvalue weighted by atomic mass is 35.5. The smallest absolute Gasteiger partial charge is 0.379 e. The van der Waals surface area contributed by atoms with E-state index in [0.29, 0.717) is 24.8 Å². The Kier molecular flexibility index (Phi) is 9.22. The molecule has 1 aromatic heterocycles. The van der Waals surface area contributed by atoms with Crippen molar-refractivity contribution in [1.29, 1.82) is 0 Å². The Labute approximate surface area is 254 Å². The summed E-state index contributed by atoms with van der Waals surface area (Å²) in [5.74, 6) is -0.961. The molecule has 2 aromatic carbocycles. The maximum absolute atomic E-state index is 15.5. The topological polar surface area (TPSA) is 90.5 Å². The molecular weight excluding hydrogens is 607 g/mol. The van der Waals surface area contributed by atoms with Crippen molar-refractivity contribution in [2.75, 3.05) is 29.7 Å². The third-order valence-electron chi connectivity index (χ3n) is 8.40. The lowest BCUT2D eigenvalue weighted by Gasteiger charge is -2.47. The molecule has 230 valence electrons. The molecule has 2 heterocycles. The summed E-state index contributed by atoms with van der Waals surface area (Å²) in [7, 11) is -2.33. The lowest BCUT2D eigenvalue weighted by atomic mass is 9.77. The van der Waals surface area contributed by atoms with Crippen LogP contribution in [0.1, 0.15) is 36.3 Å². The number of nitrogens with one attached hydrogen (secondary N) is 2. The molecule has 0 spiro atoms. The summed E-state index contributed by atoms with van der Waals surface area (Å²) in [6.45, 7) is 3.19. The monoisotopic (exact) mass is 638 g/mol. The van der Waals surface area contributed by atoms with E-state index in [1.807, 2.05) is 7.05 Å². The van der Waals surface area contributed by atoms with Crippen molar-refractivity contribution < 1.29 is 26.0 Å². The van der Waals surface area contributed by atoms with Gasteiger partial charge in [-0.1, -0.05) is 36.6 Å². The van der Waals surface area contributed by atoms with Crippen molar-refractivity contribution in [3.05, 3.63) is 77.0 Å². The summed E-state index contributed by atoms with van der Waals surface area (Å²) in [4.78, 5) is 9.43. The number of benzene rings is 2.